The minimum Gasteiger partial charge on any atom is -0.337 e. The summed E-state index contributed by atoms with van der Waals surface area (Å²) < 4.78 is 1.71. The van der Waals surface area contributed by atoms with E-state index in [0.717, 1.165) is 16.3 Å². The van der Waals surface area contributed by atoms with Crippen molar-refractivity contribution in [3.63, 3.8) is 0 Å². The van der Waals surface area contributed by atoms with Crippen LogP contribution in [0.3, 0.4) is 0 Å². The molecule has 3 aromatic carbocycles. The Morgan fingerprint density at radius 1 is 1.07 bits per heavy atom. The van der Waals surface area contributed by atoms with Crippen LogP contribution in [-0.2, 0) is 13.6 Å². The molecule has 0 aliphatic rings. The minimum absolute atomic E-state index is 0.116. The van der Waals surface area contributed by atoms with Crippen LogP contribution in [0.2, 0.25) is 0 Å². The van der Waals surface area contributed by atoms with E-state index in [9.17, 15) is 9.59 Å². The van der Waals surface area contributed by atoms with Gasteiger partial charge in [-0.05, 0) is 46.8 Å². The van der Waals surface area contributed by atoms with Gasteiger partial charge in [-0.1, -0.05) is 42.5 Å². The average Bonchev–Trinajstić information content (AvgIpc) is 2.71. The predicted octanol–water partition coefficient (Wildman–Crippen LogP) is 4.02. The Labute approximate surface area is 166 Å². The third kappa shape index (κ3) is 3.12. The third-order valence-electron chi connectivity index (χ3n) is 4.98. The number of benzene rings is 3. The quantitative estimate of drug-likeness (QED) is 0.539. The van der Waals surface area contributed by atoms with E-state index in [1.54, 1.807) is 37.2 Å². The second-order valence-corrected chi connectivity index (χ2v) is 7.24. The molecule has 0 saturated carbocycles. The van der Waals surface area contributed by atoms with Crippen LogP contribution < -0.4 is 5.56 Å². The first-order valence-electron chi connectivity index (χ1n) is 8.91. The summed E-state index contributed by atoms with van der Waals surface area (Å²) in [4.78, 5) is 30.0. The SMILES string of the molecule is CN(Cc1cccc2ccccc12)C(=O)c1ccc2c(=O)n(C)c(=S)[nH]c2c1. The maximum absolute atomic E-state index is 13.0. The van der Waals surface area contributed by atoms with Gasteiger partial charge in [0, 0.05) is 26.2 Å². The van der Waals surface area contributed by atoms with Crippen molar-refractivity contribution in [2.75, 3.05) is 7.05 Å². The summed E-state index contributed by atoms with van der Waals surface area (Å²) in [6, 6.07) is 19.3. The third-order valence-corrected chi connectivity index (χ3v) is 5.36. The van der Waals surface area contributed by atoms with Crippen LogP contribution in [0.15, 0.2) is 65.5 Å². The first-order valence-corrected chi connectivity index (χ1v) is 9.32. The van der Waals surface area contributed by atoms with Crippen LogP contribution in [0, 0.1) is 4.77 Å². The van der Waals surface area contributed by atoms with E-state index in [0.29, 0.717) is 27.8 Å². The zero-order chi connectivity index (χ0) is 19.8. The lowest BCUT2D eigenvalue weighted by Crippen LogP contribution is -2.26. The second kappa shape index (κ2) is 7.05. The van der Waals surface area contributed by atoms with E-state index in [1.807, 2.05) is 24.3 Å². The molecular weight excluding hydrogens is 370 g/mol. The predicted molar refractivity (Wildman–Crippen MR) is 114 cm³/mol. The molecule has 1 aromatic heterocycles. The molecule has 0 bridgehead atoms. The molecule has 0 atom stereocenters. The van der Waals surface area contributed by atoms with Gasteiger partial charge in [0.15, 0.2) is 4.77 Å². The fraction of sp³-hybridized carbons (Fsp3) is 0.136. The number of aromatic amines is 1. The number of nitrogens with one attached hydrogen (secondary N) is 1. The molecule has 28 heavy (non-hydrogen) atoms. The van der Waals surface area contributed by atoms with Crippen LogP contribution in [0.5, 0.6) is 0 Å². The molecule has 6 heteroatoms. The lowest BCUT2D eigenvalue weighted by molar-refractivity contribution is 0.0786. The van der Waals surface area contributed by atoms with E-state index in [-0.39, 0.29) is 11.5 Å². The summed E-state index contributed by atoms with van der Waals surface area (Å²) in [5, 5.41) is 2.79. The molecule has 0 radical (unpaired) electrons. The lowest BCUT2D eigenvalue weighted by atomic mass is 10.0. The van der Waals surface area contributed by atoms with E-state index < -0.39 is 0 Å². The number of carbonyl (C=O) groups is 1. The summed E-state index contributed by atoms with van der Waals surface area (Å²) in [5.74, 6) is -0.116. The summed E-state index contributed by atoms with van der Waals surface area (Å²) in [6.07, 6.45) is 0. The summed E-state index contributed by atoms with van der Waals surface area (Å²) >= 11 is 5.17. The molecule has 140 valence electrons. The van der Waals surface area contributed by atoms with E-state index in [4.69, 9.17) is 12.2 Å². The Hall–Kier alpha value is -3.25. The maximum atomic E-state index is 13.0. The van der Waals surface area contributed by atoms with Gasteiger partial charge in [0.05, 0.1) is 10.9 Å². The number of hydrogen-bond acceptors (Lipinski definition) is 3. The number of amides is 1. The highest BCUT2D eigenvalue weighted by Crippen LogP contribution is 2.20. The molecule has 4 rings (SSSR count). The molecule has 0 fully saturated rings. The number of hydrogen-bond donors (Lipinski definition) is 1. The zero-order valence-corrected chi connectivity index (χ0v) is 16.4. The van der Waals surface area contributed by atoms with Gasteiger partial charge < -0.3 is 9.88 Å². The fourth-order valence-corrected chi connectivity index (χ4v) is 3.61. The molecule has 0 aliphatic heterocycles. The van der Waals surface area contributed by atoms with Gasteiger partial charge >= 0.3 is 0 Å². The van der Waals surface area contributed by atoms with Gasteiger partial charge in [0.25, 0.3) is 11.5 Å². The van der Waals surface area contributed by atoms with Crippen molar-refractivity contribution in [3.8, 4) is 0 Å². The monoisotopic (exact) mass is 389 g/mol. The topological polar surface area (TPSA) is 58.1 Å². The lowest BCUT2D eigenvalue weighted by Gasteiger charge is -2.19. The molecule has 0 unspecified atom stereocenters. The van der Waals surface area contributed by atoms with Crippen LogP contribution in [0.1, 0.15) is 15.9 Å². The molecule has 0 spiro atoms. The van der Waals surface area contributed by atoms with Gasteiger partial charge in [0.2, 0.25) is 0 Å². The van der Waals surface area contributed by atoms with Crippen molar-refractivity contribution in [2.24, 2.45) is 7.05 Å². The van der Waals surface area contributed by atoms with E-state index in [2.05, 4.69) is 23.2 Å². The van der Waals surface area contributed by atoms with Gasteiger partial charge in [0.1, 0.15) is 0 Å². The van der Waals surface area contributed by atoms with Crippen molar-refractivity contribution < 1.29 is 4.79 Å². The van der Waals surface area contributed by atoms with Crippen LogP contribution >= 0.6 is 12.2 Å². The molecule has 5 nitrogen and oxygen atoms in total. The molecule has 1 heterocycles. The number of H-pyrrole nitrogens is 1. The van der Waals surface area contributed by atoms with Crippen molar-refractivity contribution in [1.82, 2.24) is 14.5 Å². The molecule has 4 aromatic rings. The van der Waals surface area contributed by atoms with Crippen molar-refractivity contribution in [3.05, 3.63) is 86.9 Å². The molecule has 1 amide bonds. The van der Waals surface area contributed by atoms with Gasteiger partial charge in [-0.3, -0.25) is 14.2 Å². The van der Waals surface area contributed by atoms with Gasteiger partial charge in [-0.25, -0.2) is 0 Å². The molecular formula is C22H19N3O2S. The largest absolute Gasteiger partial charge is 0.337 e. The van der Waals surface area contributed by atoms with Crippen molar-refractivity contribution in [2.45, 2.75) is 6.54 Å². The van der Waals surface area contributed by atoms with Crippen LogP contribution in [0.25, 0.3) is 21.7 Å². The number of nitrogens with zero attached hydrogens (tertiary/aromatic N) is 2. The summed E-state index contributed by atoms with van der Waals surface area (Å²) in [6.45, 7) is 0.491. The van der Waals surface area contributed by atoms with E-state index in [1.165, 1.54) is 4.57 Å². The number of aromatic nitrogens is 2. The first kappa shape index (κ1) is 18.1. The van der Waals surface area contributed by atoms with E-state index >= 15 is 0 Å². The molecule has 0 saturated heterocycles. The zero-order valence-electron chi connectivity index (χ0n) is 15.6. The minimum atomic E-state index is -0.179. The van der Waals surface area contributed by atoms with Crippen LogP contribution in [0.4, 0.5) is 0 Å². The van der Waals surface area contributed by atoms with Crippen molar-refractivity contribution in [1.29, 1.82) is 0 Å². The van der Waals surface area contributed by atoms with Gasteiger partial charge in [-0.2, -0.15) is 0 Å². The highest BCUT2D eigenvalue weighted by atomic mass is 32.1. The Bertz CT molecular complexity index is 1330. The Morgan fingerprint density at radius 2 is 1.82 bits per heavy atom. The van der Waals surface area contributed by atoms with Crippen LogP contribution in [-0.4, -0.2) is 27.4 Å². The Balaban J connectivity index is 1.68. The highest BCUT2D eigenvalue weighted by molar-refractivity contribution is 7.71. The number of fused-ring (bicyclic) bond motifs is 2. The molecule has 1 N–H and O–H groups in total. The number of rotatable bonds is 3. The highest BCUT2D eigenvalue weighted by Gasteiger charge is 2.15. The summed E-state index contributed by atoms with van der Waals surface area (Å²) in [5.41, 5.74) is 1.98. The standard InChI is InChI=1S/C22H19N3O2S/c1-24(13-16-8-5-7-14-6-3-4-9-17(14)16)20(26)15-10-11-18-19(12-15)23-22(28)25(2)21(18)27/h3-12H,13H2,1-2H3,(H,23,28). The van der Waals surface area contributed by atoms with Gasteiger partial charge in [-0.15, -0.1) is 0 Å². The Kier molecular flexibility index (Phi) is 4.57. The second-order valence-electron chi connectivity index (χ2n) is 6.85. The average molecular weight is 389 g/mol. The normalized spacial score (nSPS) is 11.1. The fourth-order valence-electron chi connectivity index (χ4n) is 3.42. The first-order chi connectivity index (χ1) is 13.5. The smallest absolute Gasteiger partial charge is 0.261 e. The number of carbonyl (C=O) groups excluding carboxylic acids is 1. The maximum Gasteiger partial charge on any atom is 0.261 e. The molecule has 0 aliphatic carbocycles. The Morgan fingerprint density at radius 3 is 2.64 bits per heavy atom. The van der Waals surface area contributed by atoms with Crippen molar-refractivity contribution >= 4 is 39.8 Å². The summed E-state index contributed by atoms with van der Waals surface area (Å²) in [7, 11) is 3.40.